The fourth-order valence-corrected chi connectivity index (χ4v) is 4.23. The lowest BCUT2D eigenvalue weighted by molar-refractivity contribution is 0.0729. The third-order valence-corrected chi connectivity index (χ3v) is 6.07. The van der Waals surface area contributed by atoms with Crippen LogP contribution in [0.15, 0.2) is 46.3 Å². The van der Waals surface area contributed by atoms with Crippen LogP contribution in [0.5, 0.6) is 0 Å². The van der Waals surface area contributed by atoms with Crippen molar-refractivity contribution in [1.29, 1.82) is 0 Å². The molecule has 0 amide bonds. The van der Waals surface area contributed by atoms with Crippen LogP contribution in [0.25, 0.3) is 11.5 Å². The van der Waals surface area contributed by atoms with Crippen molar-refractivity contribution in [2.75, 3.05) is 26.3 Å². The molecule has 27 heavy (non-hydrogen) atoms. The Morgan fingerprint density at radius 2 is 2.04 bits per heavy atom. The smallest absolute Gasteiger partial charge is 0.262 e. The molecule has 0 saturated carbocycles. The van der Waals surface area contributed by atoms with Gasteiger partial charge < -0.3 is 13.8 Å². The molecule has 0 bridgehead atoms. The number of imidazole rings is 1. The van der Waals surface area contributed by atoms with E-state index in [0.717, 1.165) is 0 Å². The Labute approximate surface area is 160 Å². The average Bonchev–Trinajstić information content (AvgIpc) is 3.33. The first-order chi connectivity index (χ1) is 13.0. The number of aromatic nitrogens is 4. The summed E-state index contributed by atoms with van der Waals surface area (Å²) in [5.41, 5.74) is 0.711. The fraction of sp³-hybridized carbons (Fsp3) is 0.312. The van der Waals surface area contributed by atoms with Gasteiger partial charge in [0, 0.05) is 29.9 Å². The van der Waals surface area contributed by atoms with E-state index in [1.54, 1.807) is 22.8 Å². The van der Waals surface area contributed by atoms with Crippen LogP contribution < -0.4 is 0 Å². The second kappa shape index (κ2) is 7.39. The molecular weight excluding hydrogens is 394 g/mol. The van der Waals surface area contributed by atoms with Gasteiger partial charge in [-0.1, -0.05) is 22.8 Å². The molecule has 1 aliphatic rings. The molecule has 0 N–H and O–H groups in total. The van der Waals surface area contributed by atoms with Gasteiger partial charge in [-0.2, -0.15) is 9.29 Å². The maximum absolute atomic E-state index is 12.6. The van der Waals surface area contributed by atoms with Crippen LogP contribution in [0.2, 0.25) is 5.02 Å². The molecule has 0 unspecified atom stereocenters. The summed E-state index contributed by atoms with van der Waals surface area (Å²) in [5, 5.41) is 4.48. The maximum Gasteiger partial charge on any atom is 0.262 e. The van der Waals surface area contributed by atoms with Gasteiger partial charge in [0.15, 0.2) is 10.9 Å². The first kappa shape index (κ1) is 18.1. The molecule has 0 atom stereocenters. The summed E-state index contributed by atoms with van der Waals surface area (Å²) < 4.78 is 38.6. The molecule has 1 aliphatic heterocycles. The Hall–Kier alpha value is -2.27. The summed E-state index contributed by atoms with van der Waals surface area (Å²) in [7, 11) is -3.63. The van der Waals surface area contributed by atoms with E-state index in [-0.39, 0.29) is 11.6 Å². The van der Waals surface area contributed by atoms with Crippen LogP contribution in [-0.2, 0) is 21.3 Å². The van der Waals surface area contributed by atoms with E-state index in [1.165, 1.54) is 16.8 Å². The van der Waals surface area contributed by atoms with Crippen LogP contribution in [0.4, 0.5) is 0 Å². The molecule has 4 rings (SSSR count). The number of ether oxygens (including phenoxy) is 1. The monoisotopic (exact) mass is 409 g/mol. The third kappa shape index (κ3) is 3.88. The van der Waals surface area contributed by atoms with Crippen molar-refractivity contribution >= 4 is 21.6 Å². The molecule has 9 nitrogen and oxygen atoms in total. The number of rotatable bonds is 5. The topological polar surface area (TPSA) is 103 Å². The first-order valence-electron chi connectivity index (χ1n) is 8.20. The van der Waals surface area contributed by atoms with Crippen molar-refractivity contribution < 1.29 is 17.7 Å². The summed E-state index contributed by atoms with van der Waals surface area (Å²) in [4.78, 5) is 8.34. The van der Waals surface area contributed by atoms with Gasteiger partial charge in [-0.05, 0) is 18.2 Å². The largest absolute Gasteiger partial charge is 0.379 e. The van der Waals surface area contributed by atoms with Gasteiger partial charge in [-0.25, -0.2) is 13.4 Å². The lowest BCUT2D eigenvalue weighted by Gasteiger charge is -2.24. The van der Waals surface area contributed by atoms with Gasteiger partial charge >= 0.3 is 0 Å². The molecular formula is C16H16ClN5O4S. The number of morpholine rings is 1. The molecule has 142 valence electrons. The van der Waals surface area contributed by atoms with Crippen LogP contribution in [0.3, 0.4) is 0 Å². The number of hydrogen-bond donors (Lipinski definition) is 0. The Balaban J connectivity index is 1.50. The molecule has 1 saturated heterocycles. The summed E-state index contributed by atoms with van der Waals surface area (Å²) in [5.74, 6) is 0.742. The number of benzene rings is 1. The molecule has 0 aliphatic carbocycles. The highest BCUT2D eigenvalue weighted by atomic mass is 35.5. The summed E-state index contributed by atoms with van der Waals surface area (Å²) in [6.45, 7) is 1.64. The zero-order chi connectivity index (χ0) is 18.9. The number of hydrogen-bond acceptors (Lipinski definition) is 7. The van der Waals surface area contributed by atoms with Crippen molar-refractivity contribution in [3.05, 3.63) is 47.6 Å². The van der Waals surface area contributed by atoms with Crippen LogP contribution in [0.1, 0.15) is 5.82 Å². The van der Waals surface area contributed by atoms with E-state index in [2.05, 4.69) is 15.1 Å². The predicted octanol–water partition coefficient (Wildman–Crippen LogP) is 1.66. The van der Waals surface area contributed by atoms with E-state index in [1.807, 2.05) is 6.07 Å². The van der Waals surface area contributed by atoms with Crippen LogP contribution >= 0.6 is 11.6 Å². The highest BCUT2D eigenvalue weighted by molar-refractivity contribution is 7.89. The van der Waals surface area contributed by atoms with Crippen molar-refractivity contribution in [1.82, 2.24) is 24.0 Å². The number of sulfonamides is 1. The summed E-state index contributed by atoms with van der Waals surface area (Å²) in [6.07, 6.45) is 2.89. The lowest BCUT2D eigenvalue weighted by Crippen LogP contribution is -2.40. The SMILES string of the molecule is O=S(=O)(c1cn(Cc2noc(-c3cccc(Cl)c3)n2)cn1)N1CCOCC1. The Kier molecular flexibility index (Phi) is 4.96. The Morgan fingerprint density at radius 3 is 2.81 bits per heavy atom. The lowest BCUT2D eigenvalue weighted by atomic mass is 10.2. The maximum atomic E-state index is 12.6. The third-order valence-electron chi connectivity index (χ3n) is 4.05. The minimum Gasteiger partial charge on any atom is -0.379 e. The minimum atomic E-state index is -3.63. The van der Waals surface area contributed by atoms with Crippen molar-refractivity contribution in [3.63, 3.8) is 0 Å². The molecule has 3 aromatic rings. The molecule has 1 fully saturated rings. The van der Waals surface area contributed by atoms with Gasteiger partial charge in [0.1, 0.15) is 0 Å². The minimum absolute atomic E-state index is 0.0111. The van der Waals surface area contributed by atoms with Gasteiger partial charge in [-0.15, -0.1) is 0 Å². The zero-order valence-corrected chi connectivity index (χ0v) is 15.7. The number of halogens is 1. The van der Waals surface area contributed by atoms with Gasteiger partial charge in [0.25, 0.3) is 15.9 Å². The Bertz CT molecular complexity index is 1040. The molecule has 2 aromatic heterocycles. The highest BCUT2D eigenvalue weighted by Crippen LogP contribution is 2.21. The fourth-order valence-electron chi connectivity index (χ4n) is 2.70. The second-order valence-corrected chi connectivity index (χ2v) is 8.25. The molecule has 0 spiro atoms. The van der Waals surface area contributed by atoms with Crippen molar-refractivity contribution in [2.24, 2.45) is 0 Å². The van der Waals surface area contributed by atoms with Crippen LogP contribution in [-0.4, -0.2) is 58.7 Å². The quantitative estimate of drug-likeness (QED) is 0.631. The number of nitrogens with zero attached hydrogens (tertiary/aromatic N) is 5. The molecule has 3 heterocycles. The molecule has 0 radical (unpaired) electrons. The van der Waals surface area contributed by atoms with E-state index in [0.29, 0.717) is 48.6 Å². The van der Waals surface area contributed by atoms with Crippen molar-refractivity contribution in [2.45, 2.75) is 11.6 Å². The van der Waals surface area contributed by atoms with E-state index < -0.39 is 10.0 Å². The van der Waals surface area contributed by atoms with E-state index in [4.69, 9.17) is 20.9 Å². The molecule has 1 aromatic carbocycles. The summed E-state index contributed by atoms with van der Waals surface area (Å²) >= 11 is 5.97. The van der Waals surface area contributed by atoms with Gasteiger partial charge in [-0.3, -0.25) is 0 Å². The standard InChI is InChI=1S/C16H16ClN5O4S/c17-13-3-1-2-12(8-13)16-19-14(20-26-16)9-21-10-15(18-11-21)27(23,24)22-4-6-25-7-5-22/h1-3,8,10-11H,4-7,9H2. The predicted molar refractivity (Wildman–Crippen MR) is 95.7 cm³/mol. The zero-order valence-electron chi connectivity index (χ0n) is 14.2. The van der Waals surface area contributed by atoms with E-state index >= 15 is 0 Å². The van der Waals surface area contributed by atoms with Crippen molar-refractivity contribution in [3.8, 4) is 11.5 Å². The van der Waals surface area contributed by atoms with Gasteiger partial charge in [0.2, 0.25) is 0 Å². The average molecular weight is 410 g/mol. The van der Waals surface area contributed by atoms with Gasteiger partial charge in [0.05, 0.1) is 26.1 Å². The van der Waals surface area contributed by atoms with E-state index in [9.17, 15) is 8.42 Å². The normalized spacial score (nSPS) is 15.9. The highest BCUT2D eigenvalue weighted by Gasteiger charge is 2.28. The van der Waals surface area contributed by atoms with Crippen LogP contribution in [0, 0.1) is 0 Å². The summed E-state index contributed by atoms with van der Waals surface area (Å²) in [6, 6.07) is 7.08. The Morgan fingerprint density at radius 1 is 1.22 bits per heavy atom. The first-order valence-corrected chi connectivity index (χ1v) is 10.0. The molecule has 11 heteroatoms. The second-order valence-electron chi connectivity index (χ2n) is 5.93.